The molecule has 0 aromatic heterocycles. The third-order valence-electron chi connectivity index (χ3n) is 11.8. The number of rotatable bonds is 46. The molecule has 3 unspecified atom stereocenters. The number of unbranched alkanes of at least 4 members (excludes halogenated alkanes) is 30. The summed E-state index contributed by atoms with van der Waals surface area (Å²) in [6.45, 7) is 6.46. The summed E-state index contributed by atoms with van der Waals surface area (Å²) in [6, 6.07) is -0.698. The Labute approximate surface area is 361 Å². The third-order valence-corrected chi connectivity index (χ3v) is 11.8. The zero-order valence-corrected chi connectivity index (χ0v) is 38.9. The third kappa shape index (κ3) is 41.1. The van der Waals surface area contributed by atoms with Gasteiger partial charge in [0, 0.05) is 6.42 Å². The van der Waals surface area contributed by atoms with Crippen molar-refractivity contribution in [1.82, 2.24) is 5.32 Å². The summed E-state index contributed by atoms with van der Waals surface area (Å²) in [5, 5.41) is 23.7. The smallest absolute Gasteiger partial charge is 0.306 e. The Morgan fingerprint density at radius 1 is 0.500 bits per heavy atom. The van der Waals surface area contributed by atoms with E-state index in [9.17, 15) is 19.8 Å². The van der Waals surface area contributed by atoms with Crippen molar-refractivity contribution in [3.05, 3.63) is 24.3 Å². The molecular weight excluding hydrogens is 719 g/mol. The van der Waals surface area contributed by atoms with Crippen LogP contribution in [0.1, 0.15) is 271 Å². The molecular formula is C52H99NO5. The molecule has 6 heteroatoms. The molecule has 1 amide bonds. The van der Waals surface area contributed by atoms with Gasteiger partial charge < -0.3 is 20.3 Å². The molecule has 0 bridgehead atoms. The fourth-order valence-corrected chi connectivity index (χ4v) is 7.87. The molecule has 58 heavy (non-hydrogen) atoms. The highest BCUT2D eigenvalue weighted by molar-refractivity contribution is 5.77. The Bertz CT molecular complexity index is 919. The molecule has 0 spiro atoms. The van der Waals surface area contributed by atoms with Gasteiger partial charge in [0.15, 0.2) is 0 Å². The first-order chi connectivity index (χ1) is 28.5. The number of ether oxygens (including phenoxy) is 1. The summed E-state index contributed by atoms with van der Waals surface area (Å²) in [5.74, 6) is -0.470. The van der Waals surface area contributed by atoms with Crippen molar-refractivity contribution in [3.63, 3.8) is 0 Å². The Morgan fingerprint density at radius 3 is 1.34 bits per heavy atom. The van der Waals surface area contributed by atoms with Crippen LogP contribution in [0.5, 0.6) is 0 Å². The number of amides is 1. The maximum Gasteiger partial charge on any atom is 0.306 e. The van der Waals surface area contributed by atoms with Gasteiger partial charge >= 0.3 is 5.97 Å². The van der Waals surface area contributed by atoms with E-state index < -0.39 is 18.2 Å². The average molecular weight is 818 g/mol. The number of carbonyl (C=O) groups is 2. The maximum atomic E-state index is 13.2. The monoisotopic (exact) mass is 818 g/mol. The minimum Gasteiger partial charge on any atom is -0.462 e. The number of aliphatic hydroxyl groups is 2. The zero-order valence-electron chi connectivity index (χ0n) is 38.9. The van der Waals surface area contributed by atoms with Crippen LogP contribution in [-0.2, 0) is 14.3 Å². The average Bonchev–Trinajstić information content (AvgIpc) is 3.22. The van der Waals surface area contributed by atoms with Gasteiger partial charge in [-0.15, -0.1) is 0 Å². The van der Waals surface area contributed by atoms with Gasteiger partial charge in [0.05, 0.1) is 25.2 Å². The minimum absolute atomic E-state index is 0.0772. The Hall–Kier alpha value is -1.66. The van der Waals surface area contributed by atoms with E-state index in [2.05, 4.69) is 50.4 Å². The summed E-state index contributed by atoms with van der Waals surface area (Å²) in [5.41, 5.74) is 0. The molecule has 0 aliphatic carbocycles. The first-order valence-corrected chi connectivity index (χ1v) is 25.6. The van der Waals surface area contributed by atoms with Crippen LogP contribution in [0.4, 0.5) is 0 Å². The van der Waals surface area contributed by atoms with Gasteiger partial charge in [-0.2, -0.15) is 0 Å². The van der Waals surface area contributed by atoms with Crippen LogP contribution in [0.25, 0.3) is 0 Å². The van der Waals surface area contributed by atoms with Crippen LogP contribution < -0.4 is 5.32 Å². The van der Waals surface area contributed by atoms with Gasteiger partial charge in [0.25, 0.3) is 0 Å². The van der Waals surface area contributed by atoms with E-state index in [0.29, 0.717) is 19.3 Å². The van der Waals surface area contributed by atoms with Crippen LogP contribution in [0.15, 0.2) is 24.3 Å². The second kappa shape index (κ2) is 46.4. The first kappa shape index (κ1) is 56.3. The molecule has 0 aliphatic rings. The second-order valence-electron chi connectivity index (χ2n) is 17.6. The Balaban J connectivity index is 4.57. The van der Waals surface area contributed by atoms with Crippen molar-refractivity contribution < 1.29 is 24.5 Å². The van der Waals surface area contributed by atoms with Crippen LogP contribution >= 0.6 is 0 Å². The topological polar surface area (TPSA) is 95.9 Å². The van der Waals surface area contributed by atoms with Gasteiger partial charge in [-0.3, -0.25) is 9.59 Å². The quantitative estimate of drug-likeness (QED) is 0.0323. The van der Waals surface area contributed by atoms with Crippen molar-refractivity contribution >= 4 is 11.9 Å². The minimum atomic E-state index is -0.784. The molecule has 0 fully saturated rings. The van der Waals surface area contributed by atoms with Crippen LogP contribution in [-0.4, -0.2) is 46.9 Å². The lowest BCUT2D eigenvalue weighted by molar-refractivity contribution is -0.151. The van der Waals surface area contributed by atoms with Gasteiger partial charge in [0.2, 0.25) is 5.91 Å². The molecule has 0 radical (unpaired) electrons. The van der Waals surface area contributed by atoms with Crippen molar-refractivity contribution in [3.8, 4) is 0 Å². The molecule has 0 saturated heterocycles. The van der Waals surface area contributed by atoms with E-state index in [1.807, 2.05) is 0 Å². The number of aliphatic hydroxyl groups excluding tert-OH is 2. The Morgan fingerprint density at radius 2 is 0.879 bits per heavy atom. The van der Waals surface area contributed by atoms with Gasteiger partial charge in [-0.05, 0) is 57.8 Å². The SMILES string of the molecule is CCCCC/C=C\C/C=C\CCCCCCCCCC(CC(=O)NC(CO)C(O)CCCCCCCCCCCCC)OC(=O)CCCCCCCCCCCCC. The van der Waals surface area contributed by atoms with Crippen LogP contribution in [0.3, 0.4) is 0 Å². The summed E-state index contributed by atoms with van der Waals surface area (Å²) in [6.07, 6.45) is 52.3. The van der Waals surface area contributed by atoms with Gasteiger partial charge in [-0.1, -0.05) is 225 Å². The lowest BCUT2D eigenvalue weighted by atomic mass is 10.0. The normalized spacial score (nSPS) is 13.4. The van der Waals surface area contributed by atoms with E-state index >= 15 is 0 Å². The highest BCUT2D eigenvalue weighted by Crippen LogP contribution is 2.18. The molecule has 342 valence electrons. The lowest BCUT2D eigenvalue weighted by Gasteiger charge is -2.24. The van der Waals surface area contributed by atoms with Gasteiger partial charge in [-0.25, -0.2) is 0 Å². The molecule has 0 rings (SSSR count). The molecule has 6 nitrogen and oxygen atoms in total. The molecule has 3 atom stereocenters. The number of esters is 1. The van der Waals surface area contributed by atoms with Crippen molar-refractivity contribution in [2.24, 2.45) is 0 Å². The molecule has 0 aromatic carbocycles. The standard InChI is InChI=1S/C52H99NO5/c1-4-7-10-13-16-19-22-23-24-25-26-27-30-31-34-37-40-43-48(58-52(57)45-42-39-36-33-29-21-18-15-12-9-6-3)46-51(56)53-49(47-54)50(55)44-41-38-35-32-28-20-17-14-11-8-5-2/h16,19,23-24,48-50,54-55H,4-15,17-18,20-22,25-47H2,1-3H3,(H,53,56)/b19-16-,24-23-. The van der Waals surface area contributed by atoms with Crippen LogP contribution in [0, 0.1) is 0 Å². The summed E-state index contributed by atoms with van der Waals surface area (Å²) < 4.78 is 5.93. The maximum absolute atomic E-state index is 13.2. The van der Waals surface area contributed by atoms with E-state index in [4.69, 9.17) is 4.74 Å². The molecule has 0 aromatic rings. The molecule has 0 heterocycles. The van der Waals surface area contributed by atoms with Gasteiger partial charge in [0.1, 0.15) is 6.10 Å². The highest BCUT2D eigenvalue weighted by Gasteiger charge is 2.24. The predicted molar refractivity (Wildman–Crippen MR) is 250 cm³/mol. The molecule has 0 saturated carbocycles. The number of allylic oxidation sites excluding steroid dienone is 4. The fraction of sp³-hybridized carbons (Fsp3) is 0.885. The number of nitrogens with one attached hydrogen (secondary N) is 1. The predicted octanol–water partition coefficient (Wildman–Crippen LogP) is 15.1. The van der Waals surface area contributed by atoms with Crippen molar-refractivity contribution in [1.29, 1.82) is 0 Å². The van der Waals surface area contributed by atoms with E-state index in [0.717, 1.165) is 64.2 Å². The van der Waals surface area contributed by atoms with E-state index in [1.54, 1.807) is 0 Å². The molecule has 3 N–H and O–H groups in total. The number of hydrogen-bond donors (Lipinski definition) is 3. The van der Waals surface area contributed by atoms with E-state index in [-0.39, 0.29) is 24.9 Å². The summed E-state index contributed by atoms with van der Waals surface area (Å²) in [4.78, 5) is 26.1. The van der Waals surface area contributed by atoms with Crippen molar-refractivity contribution in [2.75, 3.05) is 6.61 Å². The van der Waals surface area contributed by atoms with Crippen molar-refractivity contribution in [2.45, 2.75) is 289 Å². The largest absolute Gasteiger partial charge is 0.462 e. The fourth-order valence-electron chi connectivity index (χ4n) is 7.87. The highest BCUT2D eigenvalue weighted by atomic mass is 16.5. The number of carbonyl (C=O) groups excluding carboxylic acids is 2. The summed E-state index contributed by atoms with van der Waals surface area (Å²) >= 11 is 0. The zero-order chi connectivity index (χ0) is 42.4. The lowest BCUT2D eigenvalue weighted by Crippen LogP contribution is -2.46. The molecule has 0 aliphatic heterocycles. The summed E-state index contributed by atoms with van der Waals surface area (Å²) in [7, 11) is 0. The van der Waals surface area contributed by atoms with E-state index in [1.165, 1.54) is 161 Å². The first-order valence-electron chi connectivity index (χ1n) is 25.6. The number of hydrogen-bond acceptors (Lipinski definition) is 5. The Kier molecular flexibility index (Phi) is 45.1. The van der Waals surface area contributed by atoms with Crippen LogP contribution in [0.2, 0.25) is 0 Å². The second-order valence-corrected chi connectivity index (χ2v) is 17.6.